The van der Waals surface area contributed by atoms with Crippen molar-refractivity contribution in [3.05, 3.63) is 16.0 Å². The molecule has 20 heavy (non-hydrogen) atoms. The maximum absolute atomic E-state index is 12.5. The SMILES string of the molecule is COCCn1c(SCC(N)=O)nc2c(c1=O)S[C@H](C)C2. The first-order valence-corrected chi connectivity index (χ1v) is 8.10. The molecule has 110 valence electrons. The molecule has 1 aromatic rings. The van der Waals surface area contributed by atoms with Gasteiger partial charge in [-0.25, -0.2) is 4.98 Å². The Balaban J connectivity index is 2.37. The normalized spacial score (nSPS) is 17.2. The van der Waals surface area contributed by atoms with Crippen molar-refractivity contribution >= 4 is 29.4 Å². The van der Waals surface area contributed by atoms with E-state index in [4.69, 9.17) is 10.5 Å². The van der Waals surface area contributed by atoms with E-state index in [1.807, 2.05) is 0 Å². The Hall–Kier alpha value is -0.990. The first-order valence-electron chi connectivity index (χ1n) is 6.23. The van der Waals surface area contributed by atoms with Gasteiger partial charge in [-0.05, 0) is 0 Å². The van der Waals surface area contributed by atoms with Crippen molar-refractivity contribution in [3.63, 3.8) is 0 Å². The molecule has 2 rings (SSSR count). The number of primary amides is 1. The molecule has 0 aromatic carbocycles. The number of carbonyl (C=O) groups is 1. The Morgan fingerprint density at radius 3 is 3.05 bits per heavy atom. The van der Waals surface area contributed by atoms with Crippen LogP contribution in [-0.4, -0.2) is 40.2 Å². The van der Waals surface area contributed by atoms with E-state index in [1.165, 1.54) is 11.8 Å². The van der Waals surface area contributed by atoms with Crippen molar-refractivity contribution in [3.8, 4) is 0 Å². The van der Waals surface area contributed by atoms with Crippen LogP contribution < -0.4 is 11.3 Å². The quantitative estimate of drug-likeness (QED) is 0.608. The summed E-state index contributed by atoms with van der Waals surface area (Å²) in [6.45, 7) is 2.91. The minimum Gasteiger partial charge on any atom is -0.383 e. The number of rotatable bonds is 6. The molecule has 0 fully saturated rings. The summed E-state index contributed by atoms with van der Waals surface area (Å²) >= 11 is 2.76. The Kier molecular flexibility index (Phi) is 5.11. The zero-order chi connectivity index (χ0) is 14.7. The van der Waals surface area contributed by atoms with Gasteiger partial charge < -0.3 is 10.5 Å². The third-order valence-electron chi connectivity index (χ3n) is 2.83. The van der Waals surface area contributed by atoms with Crippen LogP contribution >= 0.6 is 23.5 Å². The highest BCUT2D eigenvalue weighted by Crippen LogP contribution is 2.34. The van der Waals surface area contributed by atoms with Crippen molar-refractivity contribution in [2.24, 2.45) is 5.73 Å². The first-order chi connectivity index (χ1) is 9.52. The molecule has 2 N–H and O–H groups in total. The molecule has 1 aliphatic rings. The van der Waals surface area contributed by atoms with Crippen molar-refractivity contribution in [2.45, 2.75) is 35.2 Å². The van der Waals surface area contributed by atoms with E-state index >= 15 is 0 Å². The number of methoxy groups -OCH3 is 1. The molecule has 1 aromatic heterocycles. The van der Waals surface area contributed by atoms with Crippen LogP contribution in [0.3, 0.4) is 0 Å². The van der Waals surface area contributed by atoms with Gasteiger partial charge in [-0.15, -0.1) is 11.8 Å². The molecular weight excluding hydrogens is 298 g/mol. The van der Waals surface area contributed by atoms with Gasteiger partial charge in [0, 0.05) is 18.8 Å². The highest BCUT2D eigenvalue weighted by molar-refractivity contribution is 8.00. The topological polar surface area (TPSA) is 87.2 Å². The molecular formula is C12H17N3O3S2. The monoisotopic (exact) mass is 315 g/mol. The smallest absolute Gasteiger partial charge is 0.268 e. The molecule has 0 saturated heterocycles. The lowest BCUT2D eigenvalue weighted by Crippen LogP contribution is -2.27. The number of aromatic nitrogens is 2. The molecule has 0 spiro atoms. The van der Waals surface area contributed by atoms with E-state index in [0.29, 0.717) is 23.6 Å². The molecule has 0 saturated carbocycles. The fourth-order valence-corrected chi connectivity index (χ4v) is 3.85. The zero-order valence-electron chi connectivity index (χ0n) is 11.4. The second-order valence-corrected chi connectivity index (χ2v) is 6.90. The third-order valence-corrected chi connectivity index (χ3v) is 5.04. The van der Waals surface area contributed by atoms with Crippen molar-refractivity contribution < 1.29 is 9.53 Å². The predicted molar refractivity (Wildman–Crippen MR) is 79.3 cm³/mol. The van der Waals surface area contributed by atoms with Gasteiger partial charge in [0.05, 0.1) is 29.5 Å². The number of hydrogen-bond acceptors (Lipinski definition) is 6. The van der Waals surface area contributed by atoms with E-state index < -0.39 is 5.91 Å². The number of ether oxygens (including phenoxy) is 1. The number of fused-ring (bicyclic) bond motifs is 1. The number of nitrogens with zero attached hydrogens (tertiary/aromatic N) is 2. The summed E-state index contributed by atoms with van der Waals surface area (Å²) in [7, 11) is 1.58. The molecule has 6 nitrogen and oxygen atoms in total. The third kappa shape index (κ3) is 3.36. The summed E-state index contributed by atoms with van der Waals surface area (Å²) in [6.07, 6.45) is 0.782. The van der Waals surface area contributed by atoms with E-state index in [-0.39, 0.29) is 11.3 Å². The number of amides is 1. The van der Waals surface area contributed by atoms with Crippen LogP contribution in [0.25, 0.3) is 0 Å². The molecule has 1 atom stereocenters. The number of carbonyl (C=O) groups excluding carboxylic acids is 1. The zero-order valence-corrected chi connectivity index (χ0v) is 13.1. The lowest BCUT2D eigenvalue weighted by molar-refractivity contribution is -0.115. The van der Waals surface area contributed by atoms with Gasteiger partial charge in [-0.2, -0.15) is 0 Å². The maximum Gasteiger partial charge on any atom is 0.268 e. The molecule has 8 heteroatoms. The highest BCUT2D eigenvalue weighted by Gasteiger charge is 2.26. The maximum atomic E-state index is 12.5. The Morgan fingerprint density at radius 2 is 2.40 bits per heavy atom. The van der Waals surface area contributed by atoms with Crippen LogP contribution in [0.15, 0.2) is 14.8 Å². The number of nitrogens with two attached hydrogens (primary N) is 1. The summed E-state index contributed by atoms with van der Waals surface area (Å²) in [4.78, 5) is 28.7. The number of thioether (sulfide) groups is 2. The molecule has 1 aliphatic heterocycles. The van der Waals surface area contributed by atoms with Crippen LogP contribution in [0.5, 0.6) is 0 Å². The largest absolute Gasteiger partial charge is 0.383 e. The van der Waals surface area contributed by atoms with Gasteiger partial charge in [0.25, 0.3) is 5.56 Å². The van der Waals surface area contributed by atoms with Gasteiger partial charge in [0.15, 0.2) is 5.16 Å². The molecule has 0 radical (unpaired) electrons. The first kappa shape index (κ1) is 15.4. The Morgan fingerprint density at radius 1 is 1.65 bits per heavy atom. The van der Waals surface area contributed by atoms with Gasteiger partial charge in [-0.3, -0.25) is 14.2 Å². The fourth-order valence-electron chi connectivity index (χ4n) is 1.96. The lowest BCUT2D eigenvalue weighted by Gasteiger charge is -2.12. The van der Waals surface area contributed by atoms with Gasteiger partial charge in [-0.1, -0.05) is 18.7 Å². The van der Waals surface area contributed by atoms with E-state index in [2.05, 4.69) is 11.9 Å². The lowest BCUT2D eigenvalue weighted by atomic mass is 10.2. The van der Waals surface area contributed by atoms with Crippen molar-refractivity contribution in [2.75, 3.05) is 19.5 Å². The molecule has 2 heterocycles. The minimum absolute atomic E-state index is 0.0478. The molecule has 1 amide bonds. The van der Waals surface area contributed by atoms with Crippen LogP contribution in [0, 0.1) is 0 Å². The van der Waals surface area contributed by atoms with Crippen LogP contribution in [0.4, 0.5) is 0 Å². The van der Waals surface area contributed by atoms with Crippen LogP contribution in [0.2, 0.25) is 0 Å². The van der Waals surface area contributed by atoms with Crippen LogP contribution in [0.1, 0.15) is 12.6 Å². The summed E-state index contributed by atoms with van der Waals surface area (Å²) in [6, 6.07) is 0. The van der Waals surface area contributed by atoms with E-state index in [1.54, 1.807) is 23.4 Å². The van der Waals surface area contributed by atoms with E-state index in [9.17, 15) is 9.59 Å². The summed E-state index contributed by atoms with van der Waals surface area (Å²) < 4.78 is 6.60. The summed E-state index contributed by atoms with van der Waals surface area (Å²) in [5, 5.41) is 0.900. The van der Waals surface area contributed by atoms with Crippen molar-refractivity contribution in [1.82, 2.24) is 9.55 Å². The minimum atomic E-state index is -0.425. The average molecular weight is 315 g/mol. The predicted octanol–water partition coefficient (Wildman–Crippen LogP) is 0.504. The fraction of sp³-hybridized carbons (Fsp3) is 0.583. The Labute approximate surface area is 125 Å². The Bertz CT molecular complexity index is 574. The molecule has 0 bridgehead atoms. The standard InChI is InChI=1S/C12H17N3O3S2/c1-7-5-8-10(20-7)11(17)15(3-4-18-2)12(14-8)19-6-9(13)16/h7H,3-6H2,1-2H3,(H2,13,16)/t7-/m1/s1. The second kappa shape index (κ2) is 6.64. The van der Waals surface area contributed by atoms with E-state index in [0.717, 1.165) is 17.0 Å². The van der Waals surface area contributed by atoms with Gasteiger partial charge in [0.2, 0.25) is 5.91 Å². The van der Waals surface area contributed by atoms with Gasteiger partial charge >= 0.3 is 0 Å². The summed E-state index contributed by atoms with van der Waals surface area (Å²) in [5.41, 5.74) is 5.94. The number of hydrogen-bond donors (Lipinski definition) is 1. The molecule has 0 unspecified atom stereocenters. The van der Waals surface area contributed by atoms with Crippen molar-refractivity contribution in [1.29, 1.82) is 0 Å². The van der Waals surface area contributed by atoms with Gasteiger partial charge in [0.1, 0.15) is 0 Å². The highest BCUT2D eigenvalue weighted by atomic mass is 32.2. The second-order valence-electron chi connectivity index (χ2n) is 4.51. The molecule has 0 aliphatic carbocycles. The van der Waals surface area contributed by atoms with Crippen LogP contribution in [-0.2, 0) is 22.5 Å². The summed E-state index contributed by atoms with van der Waals surface area (Å²) in [5.74, 6) is -0.313. The average Bonchev–Trinajstić information content (AvgIpc) is 2.76.